The molecule has 3 aromatic heterocycles. The highest BCUT2D eigenvalue weighted by molar-refractivity contribution is 7.47. The Hall–Kier alpha value is -3.03. The molecule has 5 heterocycles. The standard InChI is InChI=1S/C21H29N9O11P2/c22-13-3-14(26-7-25-13)24-4-9-1-10-5-37-43(35,36)41-17-16(31)12(6-38-42(33,34)40-11(10)2-9)39-20(17)30-8-27-15-18(30)28-21(23)29-19(15)32/h3,7-12,16-17,20,31H,1-2,4-6H2,(H,33,34)(H,35,36)(H3,22,24,25,26)(H3,23,28,29,32)/t9-,10-,11+,12-,16-,17-,20-/m1/s1. The molecule has 0 radical (unpaired) electrons. The van der Waals surface area contributed by atoms with Crippen LogP contribution >= 0.6 is 15.6 Å². The average Bonchev–Trinajstić information content (AvgIpc) is 3.60. The number of aliphatic hydroxyl groups excluding tert-OH is 1. The second kappa shape index (κ2) is 11.5. The van der Waals surface area contributed by atoms with Crippen molar-refractivity contribution in [2.45, 2.75) is 43.5 Å². The molecule has 3 aliphatic rings. The highest BCUT2D eigenvalue weighted by atomic mass is 31.2. The molecule has 0 amide bonds. The molecular weight excluding hydrogens is 616 g/mol. The van der Waals surface area contributed by atoms with Gasteiger partial charge in [0.15, 0.2) is 17.4 Å². The number of aliphatic hydroxyl groups is 1. The first kappa shape index (κ1) is 30.0. The molecule has 1 aliphatic carbocycles. The van der Waals surface area contributed by atoms with Crippen LogP contribution in [-0.4, -0.2) is 88.6 Å². The van der Waals surface area contributed by atoms with E-state index in [-0.39, 0.29) is 35.3 Å². The lowest BCUT2D eigenvalue weighted by molar-refractivity contribution is -0.0561. The van der Waals surface area contributed by atoms with Gasteiger partial charge >= 0.3 is 15.6 Å². The fourth-order valence-electron chi connectivity index (χ4n) is 5.45. The number of hydrogen-bond acceptors (Lipinski definition) is 16. The van der Waals surface area contributed by atoms with Crippen LogP contribution in [0.4, 0.5) is 17.6 Å². The van der Waals surface area contributed by atoms with Gasteiger partial charge < -0.3 is 36.4 Å². The molecule has 2 unspecified atom stereocenters. The van der Waals surface area contributed by atoms with Crippen LogP contribution in [0.1, 0.15) is 19.1 Å². The van der Waals surface area contributed by atoms with Gasteiger partial charge in [0.2, 0.25) is 5.95 Å². The number of hydrogen-bond donors (Lipinski definition) is 7. The molecule has 22 heteroatoms. The largest absolute Gasteiger partial charge is 0.472 e. The minimum Gasteiger partial charge on any atom is -0.387 e. The lowest BCUT2D eigenvalue weighted by Crippen LogP contribution is -2.35. The first-order valence-corrected chi connectivity index (χ1v) is 16.1. The molecule has 6 rings (SSSR count). The molecule has 234 valence electrons. The molecule has 9 N–H and O–H groups in total. The smallest absolute Gasteiger partial charge is 0.387 e. The Morgan fingerprint density at radius 3 is 2.63 bits per heavy atom. The molecule has 3 aromatic rings. The van der Waals surface area contributed by atoms with Gasteiger partial charge in [-0.2, -0.15) is 4.98 Å². The van der Waals surface area contributed by atoms with Crippen LogP contribution in [0.3, 0.4) is 0 Å². The van der Waals surface area contributed by atoms with E-state index in [1.165, 1.54) is 10.9 Å². The monoisotopic (exact) mass is 645 g/mol. The van der Waals surface area contributed by atoms with E-state index in [4.69, 9.17) is 34.3 Å². The Balaban J connectivity index is 1.23. The molecule has 2 aliphatic heterocycles. The van der Waals surface area contributed by atoms with Crippen LogP contribution in [0.5, 0.6) is 0 Å². The minimum absolute atomic E-state index is 0.0716. The van der Waals surface area contributed by atoms with Gasteiger partial charge in [-0.15, -0.1) is 0 Å². The molecule has 1 saturated carbocycles. The second-order valence-electron chi connectivity index (χ2n) is 10.4. The van der Waals surface area contributed by atoms with E-state index >= 15 is 0 Å². The predicted octanol–water partition coefficient (Wildman–Crippen LogP) is -0.511. The number of ether oxygens (including phenoxy) is 1. The van der Waals surface area contributed by atoms with Crippen molar-refractivity contribution in [1.29, 1.82) is 0 Å². The number of aromatic amines is 1. The molecule has 0 aromatic carbocycles. The van der Waals surface area contributed by atoms with Crippen LogP contribution in [0, 0.1) is 11.8 Å². The third-order valence-electron chi connectivity index (χ3n) is 7.40. The van der Waals surface area contributed by atoms with E-state index in [0.29, 0.717) is 18.8 Å². The van der Waals surface area contributed by atoms with Gasteiger partial charge in [0.25, 0.3) is 5.56 Å². The van der Waals surface area contributed by atoms with Crippen LogP contribution in [0.2, 0.25) is 0 Å². The zero-order chi connectivity index (χ0) is 30.5. The molecular formula is C21H29N9O11P2. The number of nitrogens with one attached hydrogen (secondary N) is 2. The maximum absolute atomic E-state index is 13.1. The summed E-state index contributed by atoms with van der Waals surface area (Å²) in [6.07, 6.45) is -3.81. The van der Waals surface area contributed by atoms with Crippen molar-refractivity contribution in [2.75, 3.05) is 36.5 Å². The summed E-state index contributed by atoms with van der Waals surface area (Å²) in [5.41, 5.74) is 10.5. The van der Waals surface area contributed by atoms with Gasteiger partial charge in [-0.05, 0) is 18.8 Å². The summed E-state index contributed by atoms with van der Waals surface area (Å²) in [5.74, 6) is -0.220. The van der Waals surface area contributed by atoms with E-state index in [0.717, 1.165) is 6.33 Å². The van der Waals surface area contributed by atoms with Gasteiger partial charge in [-0.25, -0.2) is 24.1 Å². The number of phosphoric acid groups is 2. The number of anilines is 3. The third kappa shape index (κ3) is 6.44. The number of imidazole rings is 1. The minimum atomic E-state index is -4.89. The Morgan fingerprint density at radius 2 is 1.84 bits per heavy atom. The van der Waals surface area contributed by atoms with Crippen LogP contribution < -0.4 is 22.3 Å². The predicted molar refractivity (Wildman–Crippen MR) is 145 cm³/mol. The van der Waals surface area contributed by atoms with E-state index in [2.05, 4.69) is 30.2 Å². The van der Waals surface area contributed by atoms with Crippen molar-refractivity contribution in [3.63, 3.8) is 0 Å². The number of fused-ring (bicyclic) bond motifs is 4. The van der Waals surface area contributed by atoms with Gasteiger partial charge in [-0.1, -0.05) is 0 Å². The van der Waals surface area contributed by atoms with Crippen LogP contribution in [0.25, 0.3) is 11.2 Å². The number of aromatic nitrogens is 6. The highest BCUT2D eigenvalue weighted by Crippen LogP contribution is 2.54. The molecule has 20 nitrogen and oxygen atoms in total. The summed E-state index contributed by atoms with van der Waals surface area (Å²) in [6.45, 7) is -0.681. The van der Waals surface area contributed by atoms with Crippen molar-refractivity contribution in [2.24, 2.45) is 11.8 Å². The van der Waals surface area contributed by atoms with Gasteiger partial charge in [0, 0.05) is 18.5 Å². The van der Waals surface area contributed by atoms with Crippen molar-refractivity contribution >= 4 is 44.4 Å². The quantitative estimate of drug-likeness (QED) is 0.176. The van der Waals surface area contributed by atoms with E-state index in [1.807, 2.05) is 0 Å². The number of rotatable bonds is 4. The fourth-order valence-corrected chi connectivity index (χ4v) is 7.43. The lowest BCUT2D eigenvalue weighted by atomic mass is 10.1. The molecule has 43 heavy (non-hydrogen) atoms. The van der Waals surface area contributed by atoms with Crippen molar-refractivity contribution in [1.82, 2.24) is 29.5 Å². The Labute approximate surface area is 241 Å². The first-order valence-electron chi connectivity index (χ1n) is 13.1. The number of phosphoric ester groups is 2. The highest BCUT2D eigenvalue weighted by Gasteiger charge is 2.51. The Morgan fingerprint density at radius 1 is 1.07 bits per heavy atom. The van der Waals surface area contributed by atoms with Crippen molar-refractivity contribution < 1.29 is 46.9 Å². The van der Waals surface area contributed by atoms with Gasteiger partial charge in [-0.3, -0.25) is 32.4 Å². The number of nitrogens with zero attached hydrogens (tertiary/aromatic N) is 5. The molecule has 3 fully saturated rings. The summed E-state index contributed by atoms with van der Waals surface area (Å²) in [4.78, 5) is 51.7. The zero-order valence-corrected chi connectivity index (χ0v) is 24.0. The summed E-state index contributed by atoms with van der Waals surface area (Å²) in [5, 5.41) is 14.1. The number of nitrogen functional groups attached to an aromatic ring is 2. The first-order chi connectivity index (χ1) is 20.4. The molecule has 2 saturated heterocycles. The van der Waals surface area contributed by atoms with E-state index in [9.17, 15) is 28.8 Å². The summed E-state index contributed by atoms with van der Waals surface area (Å²) in [7, 11) is -9.61. The SMILES string of the molecule is Nc1cc(NC[C@@H]2C[C@@H]3COP(=O)(O)O[C@@H]4[C@H](O)[C@@H](COP(=O)(O)O[C@H]3C2)O[C@H]4n2cnc3c(=O)[nH]c(N)nc32)ncn1. The van der Waals surface area contributed by atoms with Crippen molar-refractivity contribution in [3.8, 4) is 0 Å². The van der Waals surface area contributed by atoms with Crippen LogP contribution in [-0.2, 0) is 32.0 Å². The number of H-pyrrole nitrogens is 1. The molecule has 0 spiro atoms. The topological polar surface area (TPSA) is 294 Å². The summed E-state index contributed by atoms with van der Waals surface area (Å²) >= 11 is 0. The maximum atomic E-state index is 13.1. The summed E-state index contributed by atoms with van der Waals surface area (Å²) < 4.78 is 54.4. The average molecular weight is 645 g/mol. The van der Waals surface area contributed by atoms with Crippen LogP contribution in [0.15, 0.2) is 23.5 Å². The fraction of sp³-hybridized carbons (Fsp3) is 0.571. The van der Waals surface area contributed by atoms with Gasteiger partial charge in [0.05, 0.1) is 25.6 Å². The normalized spacial score (nSPS) is 36.9. The number of nitrogens with two attached hydrogens (primary N) is 2. The zero-order valence-electron chi connectivity index (χ0n) is 22.2. The van der Waals surface area contributed by atoms with E-state index < -0.39 is 71.0 Å². The third-order valence-corrected chi connectivity index (χ3v) is 9.40. The molecule has 2 bridgehead atoms. The Bertz CT molecular complexity index is 1660. The van der Waals surface area contributed by atoms with Gasteiger partial charge in [0.1, 0.15) is 36.3 Å². The van der Waals surface area contributed by atoms with Crippen molar-refractivity contribution in [3.05, 3.63) is 29.1 Å². The molecule has 9 atom stereocenters. The Kier molecular flexibility index (Phi) is 8.01. The maximum Gasteiger partial charge on any atom is 0.472 e. The second-order valence-corrected chi connectivity index (χ2v) is 13.2. The summed E-state index contributed by atoms with van der Waals surface area (Å²) in [6, 6.07) is 1.55. The lowest BCUT2D eigenvalue weighted by Gasteiger charge is -2.26. The van der Waals surface area contributed by atoms with E-state index in [1.54, 1.807) is 6.07 Å².